The molecule has 0 saturated carbocycles. The topological polar surface area (TPSA) is 49.4 Å². The Morgan fingerprint density at radius 2 is 1.88 bits per heavy atom. The van der Waals surface area contributed by atoms with Gasteiger partial charge in [0.25, 0.3) is 5.91 Å². The van der Waals surface area contributed by atoms with E-state index in [1.54, 1.807) is 11.0 Å². The normalized spacial score (nSPS) is 17.2. The molecule has 0 radical (unpaired) electrons. The predicted molar refractivity (Wildman–Crippen MR) is 95.3 cm³/mol. The first-order valence-corrected chi connectivity index (χ1v) is 8.22. The third kappa shape index (κ3) is 3.18. The van der Waals surface area contributed by atoms with Gasteiger partial charge in [-0.2, -0.15) is 0 Å². The summed E-state index contributed by atoms with van der Waals surface area (Å²) in [6, 6.07) is 12.9. The Bertz CT molecular complexity index is 798. The highest BCUT2D eigenvalue weighted by Crippen LogP contribution is 2.24. The van der Waals surface area contributed by atoms with Crippen LogP contribution in [0.1, 0.15) is 33.5 Å². The first-order valence-electron chi connectivity index (χ1n) is 8.22. The molecule has 1 aliphatic heterocycles. The molecule has 2 aromatic rings. The largest absolute Gasteiger partial charge is 0.340 e. The lowest BCUT2D eigenvalue weighted by atomic mass is 10.1. The molecule has 4 heteroatoms. The van der Waals surface area contributed by atoms with Gasteiger partial charge < -0.3 is 10.2 Å². The van der Waals surface area contributed by atoms with Gasteiger partial charge in [-0.1, -0.05) is 23.8 Å². The summed E-state index contributed by atoms with van der Waals surface area (Å²) in [7, 11) is 0. The fourth-order valence-corrected chi connectivity index (χ4v) is 2.99. The molecule has 1 N–H and O–H groups in total. The van der Waals surface area contributed by atoms with E-state index in [9.17, 15) is 9.59 Å². The molecule has 1 fully saturated rings. The van der Waals surface area contributed by atoms with Crippen molar-refractivity contribution in [1.82, 2.24) is 5.32 Å². The summed E-state index contributed by atoms with van der Waals surface area (Å²) < 4.78 is 0. The summed E-state index contributed by atoms with van der Waals surface area (Å²) in [5, 5.41) is 2.87. The van der Waals surface area contributed by atoms with Crippen molar-refractivity contribution in [3.63, 3.8) is 0 Å². The van der Waals surface area contributed by atoms with Crippen molar-refractivity contribution in [1.29, 1.82) is 0 Å². The van der Waals surface area contributed by atoms with Crippen molar-refractivity contribution in [3.05, 3.63) is 64.7 Å². The van der Waals surface area contributed by atoms with Crippen LogP contribution >= 0.6 is 0 Å². The van der Waals surface area contributed by atoms with Gasteiger partial charge in [-0.15, -0.1) is 0 Å². The molecule has 24 heavy (non-hydrogen) atoms. The molecule has 1 unspecified atom stereocenters. The van der Waals surface area contributed by atoms with Gasteiger partial charge in [-0.05, 0) is 62.6 Å². The number of hydrogen-bond acceptors (Lipinski definition) is 2. The maximum absolute atomic E-state index is 12.6. The van der Waals surface area contributed by atoms with Crippen LogP contribution in [-0.4, -0.2) is 24.4 Å². The van der Waals surface area contributed by atoms with Crippen molar-refractivity contribution >= 4 is 17.5 Å². The van der Waals surface area contributed by atoms with Gasteiger partial charge in [-0.3, -0.25) is 9.59 Å². The Balaban J connectivity index is 1.72. The monoisotopic (exact) mass is 322 g/mol. The average molecular weight is 322 g/mol. The van der Waals surface area contributed by atoms with Crippen molar-refractivity contribution in [2.75, 3.05) is 11.4 Å². The quantitative estimate of drug-likeness (QED) is 0.944. The summed E-state index contributed by atoms with van der Waals surface area (Å²) in [5.74, 6) is -0.238. The van der Waals surface area contributed by atoms with Gasteiger partial charge in [-0.25, -0.2) is 0 Å². The number of nitrogens with one attached hydrogen (secondary N) is 1. The van der Waals surface area contributed by atoms with Crippen LogP contribution in [0.5, 0.6) is 0 Å². The number of nitrogens with zero attached hydrogens (tertiary/aromatic N) is 1. The fourth-order valence-electron chi connectivity index (χ4n) is 2.99. The smallest absolute Gasteiger partial charge is 0.251 e. The third-order valence-electron chi connectivity index (χ3n) is 4.59. The summed E-state index contributed by atoms with van der Waals surface area (Å²) in [5.41, 5.74) is 4.88. The first-order chi connectivity index (χ1) is 11.5. The highest BCUT2D eigenvalue weighted by atomic mass is 16.2. The Morgan fingerprint density at radius 3 is 2.58 bits per heavy atom. The number of hydrogen-bond donors (Lipinski definition) is 1. The minimum Gasteiger partial charge on any atom is -0.340 e. The van der Waals surface area contributed by atoms with Crippen LogP contribution in [0.25, 0.3) is 0 Å². The average Bonchev–Trinajstić information content (AvgIpc) is 2.91. The molecule has 2 aromatic carbocycles. The van der Waals surface area contributed by atoms with Crippen molar-refractivity contribution in [3.8, 4) is 0 Å². The molecule has 0 bridgehead atoms. The van der Waals surface area contributed by atoms with E-state index < -0.39 is 6.04 Å². The molecule has 1 aliphatic rings. The van der Waals surface area contributed by atoms with Gasteiger partial charge in [0.2, 0.25) is 5.91 Å². The highest BCUT2D eigenvalue weighted by Gasteiger charge is 2.33. The van der Waals surface area contributed by atoms with Gasteiger partial charge in [0.15, 0.2) is 0 Å². The van der Waals surface area contributed by atoms with Gasteiger partial charge in [0, 0.05) is 17.8 Å². The highest BCUT2D eigenvalue weighted by molar-refractivity contribution is 6.04. The van der Waals surface area contributed by atoms with E-state index in [-0.39, 0.29) is 11.8 Å². The molecule has 0 aliphatic carbocycles. The van der Waals surface area contributed by atoms with E-state index in [0.717, 1.165) is 16.8 Å². The lowest BCUT2D eigenvalue weighted by molar-refractivity contribution is -0.118. The van der Waals surface area contributed by atoms with Gasteiger partial charge >= 0.3 is 0 Å². The van der Waals surface area contributed by atoms with Crippen molar-refractivity contribution in [2.45, 2.75) is 33.2 Å². The van der Waals surface area contributed by atoms with Crippen LogP contribution in [0, 0.1) is 20.8 Å². The van der Waals surface area contributed by atoms with Crippen LogP contribution in [0.3, 0.4) is 0 Å². The second-order valence-corrected chi connectivity index (χ2v) is 6.44. The summed E-state index contributed by atoms with van der Waals surface area (Å²) in [6.07, 6.45) is 0.628. The van der Waals surface area contributed by atoms with Crippen LogP contribution in [-0.2, 0) is 4.79 Å². The molecular formula is C20H22N2O2. The van der Waals surface area contributed by atoms with Crippen LogP contribution in [0.15, 0.2) is 42.5 Å². The van der Waals surface area contributed by atoms with E-state index in [1.807, 2.05) is 50.2 Å². The minimum absolute atomic E-state index is 0.0424. The molecule has 1 heterocycles. The van der Waals surface area contributed by atoms with E-state index in [0.29, 0.717) is 18.5 Å². The molecular weight excluding hydrogens is 300 g/mol. The summed E-state index contributed by atoms with van der Waals surface area (Å²) >= 11 is 0. The molecule has 3 rings (SSSR count). The zero-order chi connectivity index (χ0) is 17.3. The number of amides is 2. The van der Waals surface area contributed by atoms with E-state index in [2.05, 4.69) is 12.2 Å². The van der Waals surface area contributed by atoms with E-state index >= 15 is 0 Å². The van der Waals surface area contributed by atoms with E-state index in [4.69, 9.17) is 0 Å². The Hall–Kier alpha value is -2.62. The van der Waals surface area contributed by atoms with Crippen LogP contribution < -0.4 is 10.2 Å². The van der Waals surface area contributed by atoms with Crippen LogP contribution in [0.2, 0.25) is 0 Å². The zero-order valence-corrected chi connectivity index (χ0v) is 14.3. The number of rotatable bonds is 3. The lowest BCUT2D eigenvalue weighted by Crippen LogP contribution is -2.41. The van der Waals surface area contributed by atoms with Gasteiger partial charge in [0.1, 0.15) is 6.04 Å². The minimum atomic E-state index is -0.459. The van der Waals surface area contributed by atoms with Crippen molar-refractivity contribution in [2.24, 2.45) is 0 Å². The predicted octanol–water partition coefficient (Wildman–Crippen LogP) is 3.15. The number of aryl methyl sites for hydroxylation is 3. The second kappa shape index (κ2) is 6.48. The second-order valence-electron chi connectivity index (χ2n) is 6.44. The number of carbonyl (C=O) groups excluding carboxylic acids is 2. The molecule has 1 saturated heterocycles. The molecule has 0 spiro atoms. The summed E-state index contributed by atoms with van der Waals surface area (Å²) in [4.78, 5) is 26.8. The Morgan fingerprint density at radius 1 is 1.08 bits per heavy atom. The molecule has 2 amide bonds. The van der Waals surface area contributed by atoms with Crippen molar-refractivity contribution < 1.29 is 9.59 Å². The number of benzene rings is 2. The van der Waals surface area contributed by atoms with E-state index in [1.165, 1.54) is 5.56 Å². The number of carbonyl (C=O) groups is 2. The lowest BCUT2D eigenvalue weighted by Gasteiger charge is -2.18. The standard InChI is InChI=1S/C20H22N2O2/c1-13-5-4-6-16(11-13)19(23)21-18-9-10-22(20(18)24)17-8-7-14(2)15(3)12-17/h4-8,11-12,18H,9-10H2,1-3H3,(H,21,23). The molecule has 4 nitrogen and oxygen atoms in total. The maximum atomic E-state index is 12.6. The number of anilines is 1. The first kappa shape index (κ1) is 16.2. The molecule has 124 valence electrons. The molecule has 1 atom stereocenters. The zero-order valence-electron chi connectivity index (χ0n) is 14.3. The Kier molecular flexibility index (Phi) is 4.38. The maximum Gasteiger partial charge on any atom is 0.251 e. The van der Waals surface area contributed by atoms with Gasteiger partial charge in [0.05, 0.1) is 0 Å². The Labute approximate surface area is 142 Å². The third-order valence-corrected chi connectivity index (χ3v) is 4.59. The molecule has 0 aromatic heterocycles. The fraction of sp³-hybridized carbons (Fsp3) is 0.300. The summed E-state index contributed by atoms with van der Waals surface area (Å²) in [6.45, 7) is 6.66. The van der Waals surface area contributed by atoms with Crippen LogP contribution in [0.4, 0.5) is 5.69 Å². The SMILES string of the molecule is Cc1cccc(C(=O)NC2CCN(c3ccc(C)c(C)c3)C2=O)c1.